The standard InChI is InChI=1S/C17H24N2O3/c1-4-13-5-6-15(16(21)9-13)17(22)18(3)10-14-7-8-19(11-14)12(2)20/h5-6,9,14,21H,4,7-8,10-11H2,1-3H3/t14-/m1/s1. The lowest BCUT2D eigenvalue weighted by molar-refractivity contribution is -0.127. The van der Waals surface area contributed by atoms with Crippen LogP contribution in [0, 0.1) is 5.92 Å². The van der Waals surface area contributed by atoms with Gasteiger partial charge >= 0.3 is 0 Å². The second-order valence-corrected chi connectivity index (χ2v) is 6.01. The molecule has 22 heavy (non-hydrogen) atoms. The highest BCUT2D eigenvalue weighted by Crippen LogP contribution is 2.22. The van der Waals surface area contributed by atoms with E-state index in [0.29, 0.717) is 24.6 Å². The van der Waals surface area contributed by atoms with Crippen molar-refractivity contribution in [1.82, 2.24) is 9.80 Å². The van der Waals surface area contributed by atoms with Crippen LogP contribution in [0.3, 0.4) is 0 Å². The van der Waals surface area contributed by atoms with Crippen molar-refractivity contribution in [1.29, 1.82) is 0 Å². The first-order valence-electron chi connectivity index (χ1n) is 7.75. The van der Waals surface area contributed by atoms with Crippen LogP contribution in [0.2, 0.25) is 0 Å². The van der Waals surface area contributed by atoms with E-state index in [4.69, 9.17) is 0 Å². The lowest BCUT2D eigenvalue weighted by Crippen LogP contribution is -2.34. The minimum absolute atomic E-state index is 0.0352. The van der Waals surface area contributed by atoms with Crippen LogP contribution in [0.1, 0.15) is 36.2 Å². The Kier molecular flexibility index (Phi) is 5.06. The number of carbonyl (C=O) groups excluding carboxylic acids is 2. The third-order valence-corrected chi connectivity index (χ3v) is 4.31. The first-order valence-corrected chi connectivity index (χ1v) is 7.75. The smallest absolute Gasteiger partial charge is 0.257 e. The van der Waals surface area contributed by atoms with E-state index in [-0.39, 0.29) is 17.6 Å². The maximum absolute atomic E-state index is 12.5. The molecule has 1 N–H and O–H groups in total. The number of carbonyl (C=O) groups is 2. The van der Waals surface area contributed by atoms with E-state index in [9.17, 15) is 14.7 Å². The summed E-state index contributed by atoms with van der Waals surface area (Å²) in [5.74, 6) is 0.244. The Bertz CT molecular complexity index is 571. The topological polar surface area (TPSA) is 60.9 Å². The van der Waals surface area contributed by atoms with Gasteiger partial charge in [0.1, 0.15) is 5.75 Å². The molecule has 0 spiro atoms. The average molecular weight is 304 g/mol. The van der Waals surface area contributed by atoms with Gasteiger partial charge in [-0.1, -0.05) is 13.0 Å². The number of hydrogen-bond acceptors (Lipinski definition) is 3. The fourth-order valence-corrected chi connectivity index (χ4v) is 2.92. The second-order valence-electron chi connectivity index (χ2n) is 6.01. The Morgan fingerprint density at radius 2 is 2.14 bits per heavy atom. The van der Waals surface area contributed by atoms with Crippen LogP contribution in [0.5, 0.6) is 5.75 Å². The van der Waals surface area contributed by atoms with E-state index in [2.05, 4.69) is 0 Å². The molecule has 1 aromatic carbocycles. The summed E-state index contributed by atoms with van der Waals surface area (Å²) in [5, 5.41) is 10.0. The molecule has 0 radical (unpaired) electrons. The number of phenolic OH excluding ortho intramolecular Hbond substituents is 1. The van der Waals surface area contributed by atoms with Crippen molar-refractivity contribution in [3.05, 3.63) is 29.3 Å². The number of amides is 2. The summed E-state index contributed by atoms with van der Waals surface area (Å²) < 4.78 is 0. The fraction of sp³-hybridized carbons (Fsp3) is 0.529. The molecule has 120 valence electrons. The number of hydrogen-bond donors (Lipinski definition) is 1. The highest BCUT2D eigenvalue weighted by molar-refractivity contribution is 5.96. The van der Waals surface area contributed by atoms with E-state index < -0.39 is 0 Å². The summed E-state index contributed by atoms with van der Waals surface area (Å²) in [6, 6.07) is 5.20. The zero-order chi connectivity index (χ0) is 16.3. The van der Waals surface area contributed by atoms with E-state index in [1.807, 2.05) is 17.9 Å². The number of phenols is 1. The molecule has 5 nitrogen and oxygen atoms in total. The van der Waals surface area contributed by atoms with Crippen molar-refractivity contribution in [2.45, 2.75) is 26.7 Å². The number of nitrogens with zero attached hydrogens (tertiary/aromatic N) is 2. The van der Waals surface area contributed by atoms with Gasteiger partial charge in [-0.3, -0.25) is 9.59 Å². The van der Waals surface area contributed by atoms with Crippen molar-refractivity contribution in [3.8, 4) is 5.75 Å². The van der Waals surface area contributed by atoms with E-state index >= 15 is 0 Å². The Labute approximate surface area is 131 Å². The normalized spacial score (nSPS) is 17.6. The number of aromatic hydroxyl groups is 1. The quantitative estimate of drug-likeness (QED) is 0.924. The zero-order valence-corrected chi connectivity index (χ0v) is 13.5. The molecule has 1 aliphatic heterocycles. The monoisotopic (exact) mass is 304 g/mol. The largest absolute Gasteiger partial charge is 0.507 e. The SMILES string of the molecule is CCc1ccc(C(=O)N(C)C[C@H]2CCN(C(C)=O)C2)c(O)c1. The molecule has 1 aromatic rings. The van der Waals surface area contributed by atoms with Crippen LogP contribution < -0.4 is 0 Å². The Morgan fingerprint density at radius 1 is 1.41 bits per heavy atom. The van der Waals surface area contributed by atoms with Crippen molar-refractivity contribution in [2.75, 3.05) is 26.7 Å². The Morgan fingerprint density at radius 3 is 2.68 bits per heavy atom. The molecule has 1 heterocycles. The summed E-state index contributed by atoms with van der Waals surface area (Å²) in [5.41, 5.74) is 1.34. The molecule has 1 fully saturated rings. The molecule has 0 bridgehead atoms. The van der Waals surface area contributed by atoms with Gasteiger partial charge in [-0.2, -0.15) is 0 Å². The van der Waals surface area contributed by atoms with Crippen LogP contribution in [-0.2, 0) is 11.2 Å². The van der Waals surface area contributed by atoms with Crippen molar-refractivity contribution in [3.63, 3.8) is 0 Å². The van der Waals surface area contributed by atoms with Gasteiger partial charge in [-0.25, -0.2) is 0 Å². The zero-order valence-electron chi connectivity index (χ0n) is 13.5. The highest BCUT2D eigenvalue weighted by atomic mass is 16.3. The second kappa shape index (κ2) is 6.81. The molecule has 2 rings (SSSR count). The van der Waals surface area contributed by atoms with E-state index in [0.717, 1.165) is 24.9 Å². The summed E-state index contributed by atoms with van der Waals surface area (Å²) >= 11 is 0. The van der Waals surface area contributed by atoms with E-state index in [1.54, 1.807) is 31.0 Å². The fourth-order valence-electron chi connectivity index (χ4n) is 2.92. The van der Waals surface area contributed by atoms with Crippen LogP contribution in [-0.4, -0.2) is 53.4 Å². The predicted molar refractivity (Wildman–Crippen MR) is 84.8 cm³/mol. The molecular weight excluding hydrogens is 280 g/mol. The first kappa shape index (κ1) is 16.3. The average Bonchev–Trinajstić information content (AvgIpc) is 2.95. The number of benzene rings is 1. The van der Waals surface area contributed by atoms with Crippen molar-refractivity contribution in [2.24, 2.45) is 5.92 Å². The summed E-state index contributed by atoms with van der Waals surface area (Å²) in [7, 11) is 1.74. The molecule has 0 unspecified atom stereocenters. The molecule has 1 atom stereocenters. The number of aryl methyl sites for hydroxylation is 1. The van der Waals surface area contributed by atoms with Gasteiger partial charge in [0.25, 0.3) is 5.91 Å². The molecule has 2 amide bonds. The van der Waals surface area contributed by atoms with Gasteiger partial charge in [0.2, 0.25) is 5.91 Å². The van der Waals surface area contributed by atoms with Gasteiger partial charge in [0.05, 0.1) is 5.56 Å². The Hall–Kier alpha value is -2.04. The van der Waals surface area contributed by atoms with Gasteiger partial charge in [0.15, 0.2) is 0 Å². The molecular formula is C17H24N2O3. The minimum Gasteiger partial charge on any atom is -0.507 e. The van der Waals surface area contributed by atoms with Crippen LogP contribution in [0.25, 0.3) is 0 Å². The molecule has 1 saturated heterocycles. The van der Waals surface area contributed by atoms with Crippen molar-refractivity contribution >= 4 is 11.8 Å². The third-order valence-electron chi connectivity index (χ3n) is 4.31. The maximum atomic E-state index is 12.5. The van der Waals surface area contributed by atoms with Gasteiger partial charge < -0.3 is 14.9 Å². The molecule has 1 aliphatic rings. The number of rotatable bonds is 4. The van der Waals surface area contributed by atoms with Gasteiger partial charge in [-0.15, -0.1) is 0 Å². The van der Waals surface area contributed by atoms with E-state index in [1.165, 1.54) is 0 Å². The summed E-state index contributed by atoms with van der Waals surface area (Å²) in [4.78, 5) is 27.3. The first-order chi connectivity index (χ1) is 10.4. The minimum atomic E-state index is -0.179. The summed E-state index contributed by atoms with van der Waals surface area (Å²) in [6.07, 6.45) is 1.73. The van der Waals surface area contributed by atoms with Crippen LogP contribution in [0.15, 0.2) is 18.2 Å². The van der Waals surface area contributed by atoms with Crippen LogP contribution in [0.4, 0.5) is 0 Å². The maximum Gasteiger partial charge on any atom is 0.257 e. The van der Waals surface area contributed by atoms with Gasteiger partial charge in [0, 0.05) is 33.6 Å². The molecule has 5 heteroatoms. The molecule has 0 aliphatic carbocycles. The predicted octanol–water partition coefficient (Wildman–Crippen LogP) is 1.89. The highest BCUT2D eigenvalue weighted by Gasteiger charge is 2.27. The Balaban J connectivity index is 1.99. The van der Waals surface area contributed by atoms with Gasteiger partial charge in [-0.05, 0) is 36.5 Å². The molecule has 0 aromatic heterocycles. The lowest BCUT2D eigenvalue weighted by atomic mass is 10.1. The third kappa shape index (κ3) is 3.59. The van der Waals surface area contributed by atoms with Crippen molar-refractivity contribution < 1.29 is 14.7 Å². The van der Waals surface area contributed by atoms with Crippen LogP contribution >= 0.6 is 0 Å². The molecule has 0 saturated carbocycles. The number of likely N-dealkylation sites (tertiary alicyclic amines) is 1. The summed E-state index contributed by atoms with van der Waals surface area (Å²) in [6.45, 7) is 5.64. The lowest BCUT2D eigenvalue weighted by Gasteiger charge is -2.22.